The van der Waals surface area contributed by atoms with Gasteiger partial charge in [-0.3, -0.25) is 4.90 Å². The van der Waals surface area contributed by atoms with Crippen molar-refractivity contribution < 1.29 is 9.84 Å². The van der Waals surface area contributed by atoms with Gasteiger partial charge in [0, 0.05) is 25.7 Å². The maximum Gasteiger partial charge on any atom is 0.0674 e. The van der Waals surface area contributed by atoms with Crippen molar-refractivity contribution in [3.8, 4) is 0 Å². The molecule has 1 saturated heterocycles. The Kier molecular flexibility index (Phi) is 4.85. The lowest BCUT2D eigenvalue weighted by Gasteiger charge is -2.39. The molecule has 1 N–H and O–H groups in total. The monoisotopic (exact) mass is 201 g/mol. The van der Waals surface area contributed by atoms with Gasteiger partial charge in [-0.25, -0.2) is 0 Å². The van der Waals surface area contributed by atoms with E-state index in [9.17, 15) is 0 Å². The first kappa shape index (κ1) is 12.0. The van der Waals surface area contributed by atoms with E-state index in [4.69, 9.17) is 9.84 Å². The Labute approximate surface area is 87.1 Å². The van der Waals surface area contributed by atoms with Gasteiger partial charge in [0.15, 0.2) is 0 Å². The first-order valence-corrected chi connectivity index (χ1v) is 5.63. The highest BCUT2D eigenvalue weighted by Gasteiger charge is 2.26. The highest BCUT2D eigenvalue weighted by atomic mass is 16.5. The molecule has 1 aliphatic heterocycles. The highest BCUT2D eigenvalue weighted by Crippen LogP contribution is 2.15. The maximum absolute atomic E-state index is 9.03. The third kappa shape index (κ3) is 3.23. The van der Waals surface area contributed by atoms with Crippen molar-refractivity contribution in [2.75, 3.05) is 26.3 Å². The number of aliphatic hydroxyl groups is 1. The molecule has 1 heterocycles. The van der Waals surface area contributed by atoms with Gasteiger partial charge in [-0.1, -0.05) is 13.8 Å². The third-order valence-corrected chi connectivity index (χ3v) is 2.91. The minimum absolute atomic E-state index is 0.280. The zero-order chi connectivity index (χ0) is 10.6. The van der Waals surface area contributed by atoms with Gasteiger partial charge in [-0.05, 0) is 19.3 Å². The fourth-order valence-electron chi connectivity index (χ4n) is 1.97. The van der Waals surface area contributed by atoms with Crippen LogP contribution in [0.4, 0.5) is 0 Å². The Morgan fingerprint density at radius 3 is 2.86 bits per heavy atom. The molecule has 3 unspecified atom stereocenters. The number of ether oxygens (including phenoxy) is 1. The molecule has 0 amide bonds. The van der Waals surface area contributed by atoms with Crippen LogP contribution in [-0.4, -0.2) is 48.5 Å². The van der Waals surface area contributed by atoms with E-state index in [1.807, 2.05) is 0 Å². The molecular formula is C11H23NO2. The van der Waals surface area contributed by atoms with Crippen LogP contribution < -0.4 is 0 Å². The molecule has 0 saturated carbocycles. The van der Waals surface area contributed by atoms with E-state index in [0.717, 1.165) is 26.1 Å². The van der Waals surface area contributed by atoms with Crippen molar-refractivity contribution in [2.45, 2.75) is 39.3 Å². The van der Waals surface area contributed by atoms with Gasteiger partial charge in [0.25, 0.3) is 0 Å². The Hall–Kier alpha value is -0.120. The van der Waals surface area contributed by atoms with Crippen LogP contribution >= 0.6 is 0 Å². The summed E-state index contributed by atoms with van der Waals surface area (Å²) in [5, 5.41) is 9.03. The fourth-order valence-corrected chi connectivity index (χ4v) is 1.97. The van der Waals surface area contributed by atoms with Gasteiger partial charge in [-0.2, -0.15) is 0 Å². The van der Waals surface area contributed by atoms with Gasteiger partial charge >= 0.3 is 0 Å². The Morgan fingerprint density at radius 1 is 1.57 bits per heavy atom. The largest absolute Gasteiger partial charge is 0.396 e. The van der Waals surface area contributed by atoms with E-state index in [0.29, 0.717) is 18.1 Å². The molecule has 0 radical (unpaired) electrons. The third-order valence-electron chi connectivity index (χ3n) is 2.91. The lowest BCUT2D eigenvalue weighted by Crippen LogP contribution is -2.50. The van der Waals surface area contributed by atoms with Crippen molar-refractivity contribution in [2.24, 2.45) is 5.92 Å². The van der Waals surface area contributed by atoms with Crippen molar-refractivity contribution in [1.29, 1.82) is 0 Å². The molecule has 0 bridgehead atoms. The molecule has 3 nitrogen and oxygen atoms in total. The van der Waals surface area contributed by atoms with Gasteiger partial charge in [0.2, 0.25) is 0 Å². The van der Waals surface area contributed by atoms with E-state index < -0.39 is 0 Å². The lowest BCUT2D eigenvalue weighted by molar-refractivity contribution is -0.0618. The predicted octanol–water partition coefficient (Wildman–Crippen LogP) is 1.11. The molecule has 3 atom stereocenters. The normalized spacial score (nSPS) is 31.7. The number of morpholine rings is 1. The number of nitrogens with zero attached hydrogens (tertiary/aromatic N) is 1. The molecule has 1 aliphatic rings. The van der Waals surface area contributed by atoms with Crippen LogP contribution in [0.25, 0.3) is 0 Å². The van der Waals surface area contributed by atoms with Crippen molar-refractivity contribution in [1.82, 2.24) is 4.90 Å². The minimum atomic E-state index is 0.280. The van der Waals surface area contributed by atoms with Gasteiger partial charge in [-0.15, -0.1) is 0 Å². The zero-order valence-electron chi connectivity index (χ0n) is 9.57. The molecule has 14 heavy (non-hydrogen) atoms. The first-order chi connectivity index (χ1) is 6.67. The van der Waals surface area contributed by atoms with Gasteiger partial charge in [0.05, 0.1) is 12.7 Å². The molecule has 0 aromatic heterocycles. The Morgan fingerprint density at radius 2 is 2.29 bits per heavy atom. The van der Waals surface area contributed by atoms with Crippen LogP contribution in [0.3, 0.4) is 0 Å². The molecule has 84 valence electrons. The average Bonchev–Trinajstić information content (AvgIpc) is 2.18. The molecule has 0 aromatic rings. The van der Waals surface area contributed by atoms with E-state index in [2.05, 4.69) is 25.7 Å². The summed E-state index contributed by atoms with van der Waals surface area (Å²) in [6, 6.07) is 0.542. The summed E-state index contributed by atoms with van der Waals surface area (Å²) < 4.78 is 5.62. The van der Waals surface area contributed by atoms with Gasteiger partial charge in [0.1, 0.15) is 0 Å². The molecule has 0 spiro atoms. The summed E-state index contributed by atoms with van der Waals surface area (Å²) >= 11 is 0. The zero-order valence-corrected chi connectivity index (χ0v) is 9.57. The Bertz CT molecular complexity index is 163. The minimum Gasteiger partial charge on any atom is -0.396 e. The van der Waals surface area contributed by atoms with Crippen LogP contribution in [0.1, 0.15) is 27.2 Å². The molecule has 1 fully saturated rings. The topological polar surface area (TPSA) is 32.7 Å². The second-order valence-corrected chi connectivity index (χ2v) is 4.45. The van der Waals surface area contributed by atoms with Crippen LogP contribution in [0.5, 0.6) is 0 Å². The summed E-state index contributed by atoms with van der Waals surface area (Å²) in [5.41, 5.74) is 0. The van der Waals surface area contributed by atoms with Crippen LogP contribution in [0, 0.1) is 5.92 Å². The first-order valence-electron chi connectivity index (χ1n) is 5.63. The van der Waals surface area contributed by atoms with Crippen molar-refractivity contribution in [3.63, 3.8) is 0 Å². The van der Waals surface area contributed by atoms with E-state index in [1.165, 1.54) is 0 Å². The van der Waals surface area contributed by atoms with Gasteiger partial charge < -0.3 is 9.84 Å². The quantitative estimate of drug-likeness (QED) is 0.739. The molecule has 1 rings (SSSR count). The molecule has 0 aliphatic carbocycles. The highest BCUT2D eigenvalue weighted by molar-refractivity contribution is 4.78. The maximum atomic E-state index is 9.03. The number of hydrogen-bond acceptors (Lipinski definition) is 3. The summed E-state index contributed by atoms with van der Waals surface area (Å²) in [4.78, 5) is 2.45. The van der Waals surface area contributed by atoms with Crippen molar-refractivity contribution >= 4 is 0 Å². The lowest BCUT2D eigenvalue weighted by atomic mass is 10.1. The molecule has 3 heteroatoms. The van der Waals surface area contributed by atoms with E-state index in [1.54, 1.807) is 0 Å². The molecule has 0 aromatic carbocycles. The molecular weight excluding hydrogens is 178 g/mol. The SMILES string of the molecule is CCC1COC(C)CN1CC(C)CO. The predicted molar refractivity (Wildman–Crippen MR) is 57.3 cm³/mol. The summed E-state index contributed by atoms with van der Waals surface area (Å²) in [5.74, 6) is 0.370. The summed E-state index contributed by atoms with van der Waals surface area (Å²) in [6.45, 7) is 9.51. The second kappa shape index (κ2) is 5.69. The summed E-state index contributed by atoms with van der Waals surface area (Å²) in [6.07, 6.45) is 1.47. The smallest absolute Gasteiger partial charge is 0.0674 e. The standard InChI is InChI=1S/C11H23NO2/c1-4-11-8-14-10(3)6-12(11)5-9(2)7-13/h9-11,13H,4-8H2,1-3H3. The second-order valence-electron chi connectivity index (χ2n) is 4.45. The number of rotatable bonds is 4. The van der Waals surface area contributed by atoms with Crippen molar-refractivity contribution in [3.05, 3.63) is 0 Å². The van der Waals surface area contributed by atoms with Crippen LogP contribution in [-0.2, 0) is 4.74 Å². The number of hydrogen-bond donors (Lipinski definition) is 1. The number of aliphatic hydroxyl groups excluding tert-OH is 1. The average molecular weight is 201 g/mol. The summed E-state index contributed by atoms with van der Waals surface area (Å²) in [7, 11) is 0. The fraction of sp³-hybridized carbons (Fsp3) is 1.00. The van der Waals surface area contributed by atoms with E-state index >= 15 is 0 Å². The van der Waals surface area contributed by atoms with Crippen LogP contribution in [0.15, 0.2) is 0 Å². The Balaban J connectivity index is 2.44. The van der Waals surface area contributed by atoms with E-state index in [-0.39, 0.29) is 6.61 Å². The van der Waals surface area contributed by atoms with Crippen LogP contribution in [0.2, 0.25) is 0 Å².